The van der Waals surface area contributed by atoms with Crippen molar-refractivity contribution in [3.8, 4) is 0 Å². The summed E-state index contributed by atoms with van der Waals surface area (Å²) in [6.07, 6.45) is -0.681. The highest BCUT2D eigenvalue weighted by Gasteiger charge is 2.04. The summed E-state index contributed by atoms with van der Waals surface area (Å²) in [5.41, 5.74) is 0.423. The van der Waals surface area contributed by atoms with Crippen LogP contribution in [0.4, 0.5) is 0 Å². The van der Waals surface area contributed by atoms with E-state index in [1.807, 2.05) is 0 Å². The van der Waals surface area contributed by atoms with Crippen molar-refractivity contribution >= 4 is 17.5 Å². The molecule has 64 valence electrons. The molecule has 1 amide bonds. The molecular formula is C7H12ClNO2. The third-order valence-electron chi connectivity index (χ3n) is 1.06. The molecule has 4 heteroatoms. The van der Waals surface area contributed by atoms with Gasteiger partial charge in [-0.15, -0.1) is 11.6 Å². The Morgan fingerprint density at radius 1 is 1.82 bits per heavy atom. The number of halogens is 1. The fourth-order valence-electron chi connectivity index (χ4n) is 0.416. The number of alkyl halides is 1. The van der Waals surface area contributed by atoms with Gasteiger partial charge in [-0.1, -0.05) is 6.58 Å². The minimum atomic E-state index is -0.681. The number of hydrogen-bond acceptors (Lipinski definition) is 2. The topological polar surface area (TPSA) is 49.3 Å². The van der Waals surface area contributed by atoms with Crippen LogP contribution in [0.2, 0.25) is 0 Å². The summed E-state index contributed by atoms with van der Waals surface area (Å²) in [7, 11) is 0. The van der Waals surface area contributed by atoms with Crippen molar-refractivity contribution in [2.45, 2.75) is 13.0 Å². The van der Waals surface area contributed by atoms with Gasteiger partial charge in [0, 0.05) is 12.1 Å². The number of aliphatic hydroxyl groups excluding tert-OH is 1. The lowest BCUT2D eigenvalue weighted by molar-refractivity contribution is -0.117. The summed E-state index contributed by atoms with van der Waals surface area (Å²) in [6.45, 7) is 5.21. The van der Waals surface area contributed by atoms with Crippen molar-refractivity contribution in [2.24, 2.45) is 0 Å². The fourth-order valence-corrected chi connectivity index (χ4v) is 0.525. The Morgan fingerprint density at radius 3 is 2.73 bits per heavy atom. The van der Waals surface area contributed by atoms with Crippen LogP contribution in [0.25, 0.3) is 0 Å². The van der Waals surface area contributed by atoms with Crippen LogP contribution in [-0.2, 0) is 4.79 Å². The highest BCUT2D eigenvalue weighted by molar-refractivity contribution is 6.18. The van der Waals surface area contributed by atoms with E-state index < -0.39 is 6.10 Å². The van der Waals surface area contributed by atoms with E-state index in [4.69, 9.17) is 16.7 Å². The number of nitrogens with one attached hydrogen (secondary N) is 1. The van der Waals surface area contributed by atoms with E-state index in [1.54, 1.807) is 6.92 Å². The van der Waals surface area contributed by atoms with Gasteiger partial charge in [-0.3, -0.25) is 4.79 Å². The quantitative estimate of drug-likeness (QED) is 0.479. The van der Waals surface area contributed by atoms with E-state index in [9.17, 15) is 4.79 Å². The zero-order chi connectivity index (χ0) is 8.85. The van der Waals surface area contributed by atoms with Crippen molar-refractivity contribution in [3.63, 3.8) is 0 Å². The van der Waals surface area contributed by atoms with Crippen LogP contribution >= 0.6 is 11.6 Å². The second kappa shape index (κ2) is 5.16. The molecule has 0 bridgehead atoms. The van der Waals surface area contributed by atoms with Gasteiger partial charge in [0.25, 0.3) is 0 Å². The lowest BCUT2D eigenvalue weighted by Gasteiger charge is -2.07. The number of rotatable bonds is 4. The molecule has 0 aliphatic rings. The van der Waals surface area contributed by atoms with Crippen molar-refractivity contribution < 1.29 is 9.90 Å². The van der Waals surface area contributed by atoms with Gasteiger partial charge in [0.05, 0.1) is 12.0 Å². The average molecular weight is 178 g/mol. The smallest absolute Gasteiger partial charge is 0.246 e. The summed E-state index contributed by atoms with van der Waals surface area (Å²) in [4.78, 5) is 10.8. The molecule has 0 saturated heterocycles. The molecule has 0 radical (unpaired) electrons. The Kier molecular flexibility index (Phi) is 4.90. The lowest BCUT2D eigenvalue weighted by Crippen LogP contribution is -2.33. The van der Waals surface area contributed by atoms with Crippen LogP contribution < -0.4 is 5.32 Å². The molecule has 3 nitrogen and oxygen atoms in total. The highest BCUT2D eigenvalue weighted by atomic mass is 35.5. The molecule has 0 rings (SSSR count). The molecule has 0 aliphatic carbocycles. The Bertz CT molecular complexity index is 159. The first-order valence-corrected chi connectivity index (χ1v) is 3.79. The summed E-state index contributed by atoms with van der Waals surface area (Å²) in [5, 5.41) is 11.4. The van der Waals surface area contributed by atoms with Crippen LogP contribution in [-0.4, -0.2) is 29.5 Å². The molecule has 1 unspecified atom stereocenters. The van der Waals surface area contributed by atoms with Crippen LogP contribution in [0.15, 0.2) is 12.2 Å². The first-order chi connectivity index (χ1) is 5.07. The number of amides is 1. The van der Waals surface area contributed by atoms with Crippen LogP contribution in [0.3, 0.4) is 0 Å². The average Bonchev–Trinajstić information content (AvgIpc) is 1.99. The maximum Gasteiger partial charge on any atom is 0.246 e. The second-order valence-electron chi connectivity index (χ2n) is 2.30. The van der Waals surface area contributed by atoms with Gasteiger partial charge in [0.2, 0.25) is 5.91 Å². The first kappa shape index (κ1) is 10.5. The van der Waals surface area contributed by atoms with Gasteiger partial charge in [-0.2, -0.15) is 0 Å². The van der Waals surface area contributed by atoms with Crippen molar-refractivity contribution in [1.29, 1.82) is 0 Å². The predicted octanol–water partition coefficient (Wildman–Crippen LogP) is 0.278. The number of hydrogen-bond donors (Lipinski definition) is 2. The van der Waals surface area contributed by atoms with Gasteiger partial charge in [0.15, 0.2) is 0 Å². The Balaban J connectivity index is 3.54. The van der Waals surface area contributed by atoms with E-state index in [0.29, 0.717) is 5.57 Å². The molecule has 2 N–H and O–H groups in total. The Hall–Kier alpha value is -0.540. The monoisotopic (exact) mass is 177 g/mol. The van der Waals surface area contributed by atoms with Crippen LogP contribution in [0.5, 0.6) is 0 Å². The molecule has 0 aliphatic heterocycles. The van der Waals surface area contributed by atoms with Crippen LogP contribution in [0.1, 0.15) is 6.92 Å². The molecule has 0 saturated carbocycles. The molecule has 0 aromatic heterocycles. The molecule has 0 fully saturated rings. The molecular weight excluding hydrogens is 166 g/mol. The number of carbonyl (C=O) groups is 1. The lowest BCUT2D eigenvalue weighted by atomic mass is 10.3. The fraction of sp³-hybridized carbons (Fsp3) is 0.571. The van der Waals surface area contributed by atoms with Gasteiger partial charge in [-0.25, -0.2) is 0 Å². The second-order valence-corrected chi connectivity index (χ2v) is 2.61. The zero-order valence-corrected chi connectivity index (χ0v) is 7.19. The van der Waals surface area contributed by atoms with Gasteiger partial charge in [-0.05, 0) is 6.92 Å². The van der Waals surface area contributed by atoms with E-state index in [1.165, 1.54) is 0 Å². The maximum absolute atomic E-state index is 10.8. The molecule has 0 heterocycles. The van der Waals surface area contributed by atoms with E-state index in [2.05, 4.69) is 11.9 Å². The summed E-state index contributed by atoms with van der Waals surface area (Å²) >= 11 is 5.29. The maximum atomic E-state index is 10.8. The number of carbonyl (C=O) groups excluding carboxylic acids is 1. The Morgan fingerprint density at radius 2 is 2.36 bits per heavy atom. The summed E-state index contributed by atoms with van der Waals surface area (Å²) in [5.74, 6) is -0.134. The summed E-state index contributed by atoms with van der Waals surface area (Å²) < 4.78 is 0. The van der Waals surface area contributed by atoms with E-state index >= 15 is 0 Å². The molecule has 0 spiro atoms. The van der Waals surface area contributed by atoms with E-state index in [0.717, 1.165) is 0 Å². The zero-order valence-electron chi connectivity index (χ0n) is 6.43. The van der Waals surface area contributed by atoms with Crippen LogP contribution in [0, 0.1) is 0 Å². The van der Waals surface area contributed by atoms with Crippen molar-refractivity contribution in [1.82, 2.24) is 5.32 Å². The minimum Gasteiger partial charge on any atom is -0.390 e. The summed E-state index contributed by atoms with van der Waals surface area (Å²) in [6, 6.07) is 0. The van der Waals surface area contributed by atoms with E-state index in [-0.39, 0.29) is 18.3 Å². The van der Waals surface area contributed by atoms with Crippen molar-refractivity contribution in [3.05, 3.63) is 12.2 Å². The third kappa shape index (κ3) is 4.81. The molecule has 0 aromatic carbocycles. The Labute approximate surface area is 71.0 Å². The molecule has 1 atom stereocenters. The molecule has 11 heavy (non-hydrogen) atoms. The number of aliphatic hydroxyl groups is 1. The van der Waals surface area contributed by atoms with Crippen molar-refractivity contribution in [2.75, 3.05) is 12.4 Å². The van der Waals surface area contributed by atoms with Gasteiger partial charge < -0.3 is 10.4 Å². The SMILES string of the molecule is C=C(C)C(=O)NCC(O)CCl. The van der Waals surface area contributed by atoms with Gasteiger partial charge >= 0.3 is 0 Å². The predicted molar refractivity (Wildman–Crippen MR) is 44.6 cm³/mol. The third-order valence-corrected chi connectivity index (χ3v) is 1.42. The normalized spacial score (nSPS) is 12.3. The highest BCUT2D eigenvalue weighted by Crippen LogP contribution is 1.88. The standard InChI is InChI=1S/C7H12ClNO2/c1-5(2)7(11)9-4-6(10)3-8/h6,10H,1,3-4H2,2H3,(H,9,11). The largest absolute Gasteiger partial charge is 0.390 e. The van der Waals surface area contributed by atoms with Gasteiger partial charge in [0.1, 0.15) is 0 Å². The first-order valence-electron chi connectivity index (χ1n) is 3.25. The molecule has 0 aromatic rings. The minimum absolute atomic E-state index is 0.121.